The Labute approximate surface area is 84.2 Å². The van der Waals surface area contributed by atoms with Crippen LogP contribution < -0.4 is 0 Å². The molecule has 0 aliphatic rings. The fourth-order valence-corrected chi connectivity index (χ4v) is 1.28. The fraction of sp³-hybridized carbons (Fsp3) is 0. The zero-order valence-corrected chi connectivity index (χ0v) is 7.69. The van der Waals surface area contributed by atoms with Gasteiger partial charge in [0, 0.05) is 11.6 Å². The minimum Gasteiger partial charge on any atom is -0.478 e. The van der Waals surface area contributed by atoms with E-state index in [9.17, 15) is 4.79 Å². The van der Waals surface area contributed by atoms with Crippen molar-refractivity contribution in [2.75, 3.05) is 0 Å². The van der Waals surface area contributed by atoms with Crippen LogP contribution in [0, 0.1) is 0 Å². The van der Waals surface area contributed by atoms with E-state index in [1.807, 2.05) is 0 Å². The van der Waals surface area contributed by atoms with E-state index in [-0.39, 0.29) is 10.8 Å². The van der Waals surface area contributed by atoms with E-state index < -0.39 is 5.97 Å². The van der Waals surface area contributed by atoms with Crippen LogP contribution in [0.25, 0.3) is 10.9 Å². The molecule has 70 valence electrons. The highest BCUT2D eigenvalue weighted by Gasteiger charge is 2.04. The van der Waals surface area contributed by atoms with Gasteiger partial charge >= 0.3 is 5.97 Å². The molecule has 4 nitrogen and oxygen atoms in total. The first kappa shape index (κ1) is 8.90. The van der Waals surface area contributed by atoms with Crippen molar-refractivity contribution in [3.63, 3.8) is 0 Å². The van der Waals surface area contributed by atoms with Crippen molar-refractivity contribution in [3.05, 3.63) is 35.2 Å². The van der Waals surface area contributed by atoms with E-state index in [4.69, 9.17) is 16.7 Å². The van der Waals surface area contributed by atoms with Crippen LogP contribution in [-0.4, -0.2) is 21.0 Å². The number of carboxylic acids is 1. The molecule has 1 N–H and O–H groups in total. The molecule has 5 heteroatoms. The Morgan fingerprint density at radius 1 is 1.43 bits per heavy atom. The zero-order valence-electron chi connectivity index (χ0n) is 6.94. The van der Waals surface area contributed by atoms with Crippen LogP contribution in [0.1, 0.15) is 10.4 Å². The summed E-state index contributed by atoms with van der Waals surface area (Å²) in [6.45, 7) is 0. The molecule has 0 fully saturated rings. The molecule has 2 aromatic rings. The molecule has 0 amide bonds. The molecule has 0 saturated heterocycles. The van der Waals surface area contributed by atoms with Gasteiger partial charge in [-0.05, 0) is 29.8 Å². The largest absolute Gasteiger partial charge is 0.478 e. The molecular formula is C9H5ClN2O2. The Morgan fingerprint density at radius 2 is 2.21 bits per heavy atom. The van der Waals surface area contributed by atoms with Crippen molar-refractivity contribution in [2.24, 2.45) is 0 Å². The number of halogens is 1. The predicted molar refractivity (Wildman–Crippen MR) is 51.5 cm³/mol. The lowest BCUT2D eigenvalue weighted by Crippen LogP contribution is -1.96. The summed E-state index contributed by atoms with van der Waals surface area (Å²) in [4.78, 5) is 18.4. The maximum absolute atomic E-state index is 10.6. The van der Waals surface area contributed by atoms with Gasteiger partial charge in [0.2, 0.25) is 5.28 Å². The average molecular weight is 209 g/mol. The Kier molecular flexibility index (Phi) is 2.05. The Bertz CT molecular complexity index is 513. The maximum atomic E-state index is 10.6. The highest BCUT2D eigenvalue weighted by atomic mass is 35.5. The highest BCUT2D eigenvalue weighted by molar-refractivity contribution is 6.28. The van der Waals surface area contributed by atoms with Crippen LogP contribution in [0.2, 0.25) is 5.28 Å². The molecule has 0 spiro atoms. The van der Waals surface area contributed by atoms with E-state index in [1.165, 1.54) is 18.3 Å². The Hall–Kier alpha value is -1.68. The predicted octanol–water partition coefficient (Wildman–Crippen LogP) is 1.98. The Morgan fingerprint density at radius 3 is 2.93 bits per heavy atom. The summed E-state index contributed by atoms with van der Waals surface area (Å²) in [5, 5.41) is 9.55. The van der Waals surface area contributed by atoms with Gasteiger partial charge in [-0.3, -0.25) is 0 Å². The number of carboxylic acid groups (broad SMARTS) is 1. The zero-order chi connectivity index (χ0) is 10.1. The summed E-state index contributed by atoms with van der Waals surface area (Å²) in [6, 6.07) is 4.59. The van der Waals surface area contributed by atoms with Gasteiger partial charge in [0.1, 0.15) is 0 Å². The van der Waals surface area contributed by atoms with Gasteiger partial charge < -0.3 is 5.11 Å². The quantitative estimate of drug-likeness (QED) is 0.728. The topological polar surface area (TPSA) is 63.1 Å². The number of rotatable bonds is 1. The number of aromatic carboxylic acids is 1. The van der Waals surface area contributed by atoms with Crippen LogP contribution in [0.15, 0.2) is 24.4 Å². The van der Waals surface area contributed by atoms with E-state index >= 15 is 0 Å². The van der Waals surface area contributed by atoms with Crippen LogP contribution in [0.3, 0.4) is 0 Å². The molecule has 0 radical (unpaired) electrons. The van der Waals surface area contributed by atoms with Gasteiger partial charge in [0.15, 0.2) is 0 Å². The first-order chi connectivity index (χ1) is 6.66. The monoisotopic (exact) mass is 208 g/mol. The highest BCUT2D eigenvalue weighted by Crippen LogP contribution is 2.14. The summed E-state index contributed by atoms with van der Waals surface area (Å²) in [7, 11) is 0. The van der Waals surface area contributed by atoms with Crippen LogP contribution in [0.4, 0.5) is 0 Å². The lowest BCUT2D eigenvalue weighted by molar-refractivity contribution is 0.0697. The minimum atomic E-state index is -0.971. The molecule has 0 aliphatic heterocycles. The van der Waals surface area contributed by atoms with Gasteiger partial charge in [-0.2, -0.15) is 0 Å². The third-order valence-corrected chi connectivity index (χ3v) is 1.98. The van der Waals surface area contributed by atoms with E-state index in [0.717, 1.165) is 0 Å². The minimum absolute atomic E-state index is 0.153. The fourth-order valence-electron chi connectivity index (χ4n) is 1.14. The van der Waals surface area contributed by atoms with Crippen LogP contribution in [-0.2, 0) is 0 Å². The molecular weight excluding hydrogens is 204 g/mol. The normalized spacial score (nSPS) is 10.4. The molecule has 1 aromatic carbocycles. The number of nitrogens with zero attached hydrogens (tertiary/aromatic N) is 2. The van der Waals surface area contributed by atoms with Gasteiger partial charge in [0.05, 0.1) is 11.1 Å². The summed E-state index contributed by atoms with van der Waals surface area (Å²) >= 11 is 5.58. The molecule has 14 heavy (non-hydrogen) atoms. The SMILES string of the molecule is O=C(O)c1ccc2nc(Cl)ncc2c1. The van der Waals surface area contributed by atoms with Gasteiger partial charge in [0.25, 0.3) is 0 Å². The van der Waals surface area contributed by atoms with Crippen molar-refractivity contribution in [3.8, 4) is 0 Å². The lowest BCUT2D eigenvalue weighted by atomic mass is 10.1. The van der Waals surface area contributed by atoms with Crippen molar-refractivity contribution >= 4 is 28.5 Å². The molecule has 2 rings (SSSR count). The standard InChI is InChI=1S/C9H5ClN2O2/c10-9-11-4-6-3-5(8(13)14)1-2-7(6)12-9/h1-4H,(H,13,14). The van der Waals surface area contributed by atoms with Crippen LogP contribution in [0.5, 0.6) is 0 Å². The first-order valence-corrected chi connectivity index (χ1v) is 4.20. The molecule has 1 aromatic heterocycles. The van der Waals surface area contributed by atoms with E-state index in [0.29, 0.717) is 10.9 Å². The maximum Gasteiger partial charge on any atom is 0.335 e. The summed E-state index contributed by atoms with van der Waals surface area (Å²) in [5.41, 5.74) is 0.846. The lowest BCUT2D eigenvalue weighted by Gasteiger charge is -1.98. The molecule has 0 saturated carbocycles. The number of aromatic nitrogens is 2. The molecule has 1 heterocycles. The molecule has 0 unspecified atom stereocenters. The molecule has 0 bridgehead atoms. The van der Waals surface area contributed by atoms with Crippen molar-refractivity contribution in [1.29, 1.82) is 0 Å². The molecule has 0 aliphatic carbocycles. The second kappa shape index (κ2) is 3.23. The summed E-state index contributed by atoms with van der Waals surface area (Å²) in [5.74, 6) is -0.971. The van der Waals surface area contributed by atoms with Gasteiger partial charge in [-0.1, -0.05) is 0 Å². The van der Waals surface area contributed by atoms with Crippen LogP contribution >= 0.6 is 11.6 Å². The third-order valence-electron chi connectivity index (χ3n) is 1.80. The third kappa shape index (κ3) is 1.52. The number of benzene rings is 1. The van der Waals surface area contributed by atoms with Crippen molar-refractivity contribution in [2.45, 2.75) is 0 Å². The van der Waals surface area contributed by atoms with Crippen molar-refractivity contribution in [1.82, 2.24) is 9.97 Å². The number of carbonyl (C=O) groups is 1. The second-order valence-corrected chi connectivity index (χ2v) is 3.06. The van der Waals surface area contributed by atoms with Crippen molar-refractivity contribution < 1.29 is 9.90 Å². The second-order valence-electron chi connectivity index (χ2n) is 2.72. The number of fused-ring (bicyclic) bond motifs is 1. The average Bonchev–Trinajstić information content (AvgIpc) is 2.16. The van der Waals surface area contributed by atoms with E-state index in [2.05, 4.69) is 9.97 Å². The summed E-state index contributed by atoms with van der Waals surface area (Å²) in [6.07, 6.45) is 1.50. The number of hydrogen-bond acceptors (Lipinski definition) is 3. The first-order valence-electron chi connectivity index (χ1n) is 3.82. The Balaban J connectivity index is 2.67. The smallest absolute Gasteiger partial charge is 0.335 e. The molecule has 0 atom stereocenters. The van der Waals surface area contributed by atoms with E-state index in [1.54, 1.807) is 6.07 Å². The number of hydrogen-bond donors (Lipinski definition) is 1. The summed E-state index contributed by atoms with van der Waals surface area (Å²) < 4.78 is 0. The van der Waals surface area contributed by atoms with Gasteiger partial charge in [-0.25, -0.2) is 14.8 Å². The van der Waals surface area contributed by atoms with Gasteiger partial charge in [-0.15, -0.1) is 0 Å².